The molecule has 3 aliphatic rings. The van der Waals surface area contributed by atoms with Crippen LogP contribution in [0.4, 0.5) is 0 Å². The van der Waals surface area contributed by atoms with Crippen LogP contribution in [0, 0.1) is 11.8 Å². The fourth-order valence-corrected chi connectivity index (χ4v) is 4.00. The van der Waals surface area contributed by atoms with Crippen molar-refractivity contribution in [1.29, 1.82) is 0 Å². The van der Waals surface area contributed by atoms with Gasteiger partial charge in [0.25, 0.3) is 0 Å². The molecule has 0 aromatic carbocycles. The van der Waals surface area contributed by atoms with Gasteiger partial charge in [-0.05, 0) is 50.5 Å². The molecule has 2 atom stereocenters. The normalized spacial score (nSPS) is 28.4. The predicted molar refractivity (Wildman–Crippen MR) is 89.9 cm³/mol. The summed E-state index contributed by atoms with van der Waals surface area (Å²) in [7, 11) is 0. The third-order valence-electron chi connectivity index (χ3n) is 5.80. The van der Waals surface area contributed by atoms with E-state index in [9.17, 15) is 9.59 Å². The Bertz CT molecular complexity index is 416. The summed E-state index contributed by atoms with van der Waals surface area (Å²) in [5.74, 6) is 1.68. The van der Waals surface area contributed by atoms with Gasteiger partial charge in [-0.3, -0.25) is 9.59 Å². The summed E-state index contributed by atoms with van der Waals surface area (Å²) in [5.41, 5.74) is 0. The topological polar surface area (TPSA) is 61.4 Å². The molecule has 0 aromatic heterocycles. The molecule has 1 aliphatic carbocycles. The van der Waals surface area contributed by atoms with Gasteiger partial charge < -0.3 is 15.5 Å². The Hall–Kier alpha value is -1.10. The van der Waals surface area contributed by atoms with Crippen LogP contribution >= 0.6 is 0 Å². The molecule has 3 rings (SSSR count). The van der Waals surface area contributed by atoms with Crippen molar-refractivity contribution in [3.05, 3.63) is 0 Å². The van der Waals surface area contributed by atoms with Crippen LogP contribution in [0.15, 0.2) is 0 Å². The molecule has 2 aliphatic heterocycles. The summed E-state index contributed by atoms with van der Waals surface area (Å²) in [4.78, 5) is 26.5. The van der Waals surface area contributed by atoms with E-state index in [1.54, 1.807) is 0 Å². The molecule has 3 fully saturated rings. The molecule has 23 heavy (non-hydrogen) atoms. The van der Waals surface area contributed by atoms with E-state index in [1.807, 2.05) is 4.90 Å². The van der Waals surface area contributed by atoms with Gasteiger partial charge in [-0.25, -0.2) is 0 Å². The molecule has 2 heterocycles. The van der Waals surface area contributed by atoms with Crippen molar-refractivity contribution in [2.24, 2.45) is 11.8 Å². The van der Waals surface area contributed by atoms with E-state index in [1.165, 1.54) is 19.3 Å². The number of nitrogens with zero attached hydrogens (tertiary/aromatic N) is 1. The summed E-state index contributed by atoms with van der Waals surface area (Å²) in [6.07, 6.45) is 9.99. The molecule has 0 bridgehead atoms. The van der Waals surface area contributed by atoms with E-state index < -0.39 is 0 Å². The van der Waals surface area contributed by atoms with Crippen molar-refractivity contribution in [3.63, 3.8) is 0 Å². The third-order valence-corrected chi connectivity index (χ3v) is 5.80. The average molecular weight is 321 g/mol. The van der Waals surface area contributed by atoms with Crippen LogP contribution in [0.3, 0.4) is 0 Å². The van der Waals surface area contributed by atoms with E-state index in [0.29, 0.717) is 18.4 Å². The maximum absolute atomic E-state index is 12.4. The Kier molecular flexibility index (Phi) is 5.92. The molecule has 2 amide bonds. The standard InChI is InChI=1S/C18H31N3O2/c22-17(9-8-14-4-1-5-14)21-11-3-6-15(13-21)12-20-18(23)16-7-2-10-19-16/h14-16,19H,1-13H2,(H,20,23)/t15-,16-/m0/s1. The van der Waals surface area contributed by atoms with Crippen LogP contribution in [0.1, 0.15) is 57.8 Å². The monoisotopic (exact) mass is 321 g/mol. The molecule has 0 radical (unpaired) electrons. The number of hydrogen-bond donors (Lipinski definition) is 2. The number of rotatable bonds is 6. The molecule has 0 aromatic rings. The van der Waals surface area contributed by atoms with Gasteiger partial charge in [0.05, 0.1) is 6.04 Å². The number of likely N-dealkylation sites (tertiary alicyclic amines) is 1. The molecular weight excluding hydrogens is 290 g/mol. The van der Waals surface area contributed by atoms with Crippen molar-refractivity contribution >= 4 is 11.8 Å². The third kappa shape index (κ3) is 4.69. The molecule has 0 spiro atoms. The first-order valence-electron chi connectivity index (χ1n) is 9.51. The van der Waals surface area contributed by atoms with Crippen LogP contribution in [0.5, 0.6) is 0 Å². The van der Waals surface area contributed by atoms with Crippen molar-refractivity contribution in [2.75, 3.05) is 26.2 Å². The van der Waals surface area contributed by atoms with E-state index in [-0.39, 0.29) is 11.9 Å². The summed E-state index contributed by atoms with van der Waals surface area (Å²) >= 11 is 0. The zero-order valence-electron chi connectivity index (χ0n) is 14.2. The minimum atomic E-state index is -0.00111. The average Bonchev–Trinajstić information content (AvgIpc) is 3.06. The van der Waals surface area contributed by atoms with E-state index in [2.05, 4.69) is 10.6 Å². The van der Waals surface area contributed by atoms with Gasteiger partial charge in [-0.15, -0.1) is 0 Å². The van der Waals surface area contributed by atoms with Gasteiger partial charge in [0.1, 0.15) is 0 Å². The maximum atomic E-state index is 12.4. The lowest BCUT2D eigenvalue weighted by Gasteiger charge is -2.34. The van der Waals surface area contributed by atoms with Crippen LogP contribution in [0.2, 0.25) is 0 Å². The number of carbonyl (C=O) groups is 2. The fourth-order valence-electron chi connectivity index (χ4n) is 4.00. The van der Waals surface area contributed by atoms with Gasteiger partial charge in [-0.1, -0.05) is 19.3 Å². The Morgan fingerprint density at radius 3 is 2.57 bits per heavy atom. The number of carbonyl (C=O) groups excluding carboxylic acids is 2. The predicted octanol–water partition coefficient (Wildman–Crippen LogP) is 1.67. The van der Waals surface area contributed by atoms with Crippen LogP contribution in [-0.4, -0.2) is 48.9 Å². The first-order chi connectivity index (χ1) is 11.2. The van der Waals surface area contributed by atoms with E-state index in [0.717, 1.165) is 64.1 Å². The number of piperidine rings is 1. The first kappa shape index (κ1) is 16.7. The highest BCUT2D eigenvalue weighted by Gasteiger charge is 2.27. The first-order valence-corrected chi connectivity index (χ1v) is 9.51. The molecule has 5 heteroatoms. The van der Waals surface area contributed by atoms with Gasteiger partial charge in [0.2, 0.25) is 11.8 Å². The second kappa shape index (κ2) is 8.13. The highest BCUT2D eigenvalue weighted by atomic mass is 16.2. The molecule has 2 N–H and O–H groups in total. The molecule has 2 saturated heterocycles. The number of hydrogen-bond acceptors (Lipinski definition) is 3. The SMILES string of the molecule is O=C(NC[C@@H]1CCCN(C(=O)CCC2CCC2)C1)[C@@H]1CCCN1. The minimum Gasteiger partial charge on any atom is -0.354 e. The van der Waals surface area contributed by atoms with Crippen molar-refractivity contribution < 1.29 is 9.59 Å². The van der Waals surface area contributed by atoms with E-state index in [4.69, 9.17) is 0 Å². The largest absolute Gasteiger partial charge is 0.354 e. The Labute approximate surface area is 139 Å². The van der Waals surface area contributed by atoms with E-state index >= 15 is 0 Å². The summed E-state index contributed by atoms with van der Waals surface area (Å²) < 4.78 is 0. The lowest BCUT2D eigenvalue weighted by Crippen LogP contribution is -2.46. The molecular formula is C18H31N3O2. The van der Waals surface area contributed by atoms with Crippen LogP contribution < -0.4 is 10.6 Å². The quantitative estimate of drug-likeness (QED) is 0.782. The van der Waals surface area contributed by atoms with Gasteiger partial charge >= 0.3 is 0 Å². The summed E-state index contributed by atoms with van der Waals surface area (Å²) in [6.45, 7) is 3.38. The van der Waals surface area contributed by atoms with Crippen LogP contribution in [0.25, 0.3) is 0 Å². The van der Waals surface area contributed by atoms with Crippen molar-refractivity contribution in [2.45, 2.75) is 63.8 Å². The highest BCUT2D eigenvalue weighted by molar-refractivity contribution is 5.82. The van der Waals surface area contributed by atoms with Gasteiger partial charge in [0, 0.05) is 26.1 Å². The van der Waals surface area contributed by atoms with Gasteiger partial charge in [-0.2, -0.15) is 0 Å². The lowest BCUT2D eigenvalue weighted by molar-refractivity contribution is -0.133. The lowest BCUT2D eigenvalue weighted by atomic mass is 9.82. The minimum absolute atomic E-state index is 0.00111. The second-order valence-corrected chi connectivity index (χ2v) is 7.58. The highest BCUT2D eigenvalue weighted by Crippen LogP contribution is 2.30. The number of amides is 2. The molecule has 130 valence electrons. The maximum Gasteiger partial charge on any atom is 0.237 e. The fraction of sp³-hybridized carbons (Fsp3) is 0.889. The van der Waals surface area contributed by atoms with Crippen molar-refractivity contribution in [1.82, 2.24) is 15.5 Å². The molecule has 1 saturated carbocycles. The Morgan fingerprint density at radius 1 is 1.04 bits per heavy atom. The number of nitrogens with one attached hydrogen (secondary N) is 2. The summed E-state index contributed by atoms with van der Waals surface area (Å²) in [6, 6.07) is -0.00111. The Morgan fingerprint density at radius 2 is 1.87 bits per heavy atom. The molecule has 5 nitrogen and oxygen atoms in total. The van der Waals surface area contributed by atoms with Gasteiger partial charge in [0.15, 0.2) is 0 Å². The van der Waals surface area contributed by atoms with Crippen LogP contribution in [-0.2, 0) is 9.59 Å². The molecule has 0 unspecified atom stereocenters. The summed E-state index contributed by atoms with van der Waals surface area (Å²) in [5, 5.41) is 6.32. The smallest absolute Gasteiger partial charge is 0.237 e. The second-order valence-electron chi connectivity index (χ2n) is 7.58. The Balaban J connectivity index is 1.36. The van der Waals surface area contributed by atoms with Crippen molar-refractivity contribution in [3.8, 4) is 0 Å². The zero-order chi connectivity index (χ0) is 16.1. The zero-order valence-corrected chi connectivity index (χ0v) is 14.2.